The molecule has 2 aromatic rings. The summed E-state index contributed by atoms with van der Waals surface area (Å²) in [5.74, 6) is 0.280. The van der Waals surface area contributed by atoms with E-state index in [2.05, 4.69) is 0 Å². The molecular weight excluding hydrogens is 268 g/mol. The molecule has 2 rings (SSSR count). The van der Waals surface area contributed by atoms with Crippen molar-refractivity contribution < 1.29 is 19.1 Å². The van der Waals surface area contributed by atoms with Gasteiger partial charge in [0.05, 0.1) is 6.10 Å². The van der Waals surface area contributed by atoms with Gasteiger partial charge in [-0.1, -0.05) is 24.3 Å². The van der Waals surface area contributed by atoms with Crippen LogP contribution in [-0.2, 0) is 0 Å². The minimum absolute atomic E-state index is 0.0441. The second-order valence-electron chi connectivity index (χ2n) is 4.74. The van der Waals surface area contributed by atoms with E-state index in [0.29, 0.717) is 28.9 Å². The Kier molecular flexibility index (Phi) is 4.72. The zero-order valence-electron chi connectivity index (χ0n) is 11.9. The van der Waals surface area contributed by atoms with E-state index in [-0.39, 0.29) is 6.10 Å². The average Bonchev–Trinajstić information content (AvgIpc) is 2.47. The molecule has 0 fully saturated rings. The maximum atomic E-state index is 12.2. The molecule has 0 aliphatic rings. The van der Waals surface area contributed by atoms with Gasteiger partial charge in [-0.25, -0.2) is 4.79 Å². The van der Waals surface area contributed by atoms with E-state index in [9.17, 15) is 9.59 Å². The number of esters is 1. The Morgan fingerprint density at radius 2 is 1.86 bits per heavy atom. The monoisotopic (exact) mass is 284 g/mol. The van der Waals surface area contributed by atoms with Crippen LogP contribution in [0.5, 0.6) is 11.5 Å². The van der Waals surface area contributed by atoms with Crippen LogP contribution in [0, 0.1) is 0 Å². The summed E-state index contributed by atoms with van der Waals surface area (Å²) in [6.45, 7) is 3.77. The molecule has 108 valence electrons. The molecule has 0 aromatic heterocycles. The highest BCUT2D eigenvalue weighted by Crippen LogP contribution is 2.22. The Morgan fingerprint density at radius 3 is 2.57 bits per heavy atom. The van der Waals surface area contributed by atoms with Gasteiger partial charge >= 0.3 is 5.97 Å². The van der Waals surface area contributed by atoms with Crippen LogP contribution in [0.4, 0.5) is 0 Å². The van der Waals surface area contributed by atoms with Gasteiger partial charge in [0.25, 0.3) is 0 Å². The van der Waals surface area contributed by atoms with E-state index < -0.39 is 5.97 Å². The second kappa shape index (κ2) is 6.70. The van der Waals surface area contributed by atoms with Crippen LogP contribution in [-0.4, -0.2) is 18.4 Å². The fourth-order valence-corrected chi connectivity index (χ4v) is 1.81. The van der Waals surface area contributed by atoms with Crippen LogP contribution in [0.15, 0.2) is 48.5 Å². The van der Waals surface area contributed by atoms with Crippen molar-refractivity contribution in [2.45, 2.75) is 20.0 Å². The quantitative estimate of drug-likeness (QED) is 0.479. The third-order valence-electron chi connectivity index (χ3n) is 2.67. The maximum absolute atomic E-state index is 12.2. The van der Waals surface area contributed by atoms with E-state index in [0.717, 1.165) is 0 Å². The van der Waals surface area contributed by atoms with Crippen molar-refractivity contribution >= 4 is 12.3 Å². The van der Waals surface area contributed by atoms with Crippen LogP contribution < -0.4 is 9.47 Å². The standard InChI is InChI=1S/C17H16O4/c1-12(2)20-16-9-4-3-8-15(16)17(19)21-14-7-5-6-13(10-14)11-18/h3-12H,1-2H3. The lowest BCUT2D eigenvalue weighted by molar-refractivity contribution is 0.0728. The van der Waals surface area contributed by atoms with E-state index in [1.165, 1.54) is 6.07 Å². The number of carbonyl (C=O) groups is 2. The van der Waals surface area contributed by atoms with Crippen LogP contribution in [0.1, 0.15) is 34.6 Å². The Hall–Kier alpha value is -2.62. The molecular formula is C17H16O4. The highest BCUT2D eigenvalue weighted by molar-refractivity contribution is 5.94. The molecule has 0 heterocycles. The van der Waals surface area contributed by atoms with Gasteiger partial charge in [-0.3, -0.25) is 4.79 Å². The van der Waals surface area contributed by atoms with Gasteiger partial charge in [-0.05, 0) is 38.1 Å². The van der Waals surface area contributed by atoms with Crippen molar-refractivity contribution in [2.75, 3.05) is 0 Å². The summed E-state index contributed by atoms with van der Waals surface area (Å²) in [4.78, 5) is 23.0. The number of rotatable bonds is 5. The van der Waals surface area contributed by atoms with Crippen molar-refractivity contribution in [3.8, 4) is 11.5 Å². The second-order valence-corrected chi connectivity index (χ2v) is 4.74. The summed E-state index contributed by atoms with van der Waals surface area (Å²) in [5.41, 5.74) is 0.801. The number of aldehydes is 1. The molecule has 0 unspecified atom stereocenters. The van der Waals surface area contributed by atoms with Gasteiger partial charge in [0.1, 0.15) is 23.3 Å². The summed E-state index contributed by atoms with van der Waals surface area (Å²) < 4.78 is 10.9. The smallest absolute Gasteiger partial charge is 0.347 e. The van der Waals surface area contributed by atoms with Crippen molar-refractivity contribution in [3.05, 3.63) is 59.7 Å². The molecule has 0 atom stereocenters. The van der Waals surface area contributed by atoms with Gasteiger partial charge < -0.3 is 9.47 Å². The third-order valence-corrected chi connectivity index (χ3v) is 2.67. The normalized spacial score (nSPS) is 10.2. The number of hydrogen-bond donors (Lipinski definition) is 0. The first-order valence-electron chi connectivity index (χ1n) is 6.63. The Labute approximate surface area is 123 Å². The summed E-state index contributed by atoms with van der Waals surface area (Å²) in [7, 11) is 0. The molecule has 0 aliphatic carbocycles. The van der Waals surface area contributed by atoms with Crippen molar-refractivity contribution in [1.29, 1.82) is 0 Å². The number of ether oxygens (including phenoxy) is 2. The lowest BCUT2D eigenvalue weighted by Crippen LogP contribution is -2.13. The van der Waals surface area contributed by atoms with E-state index in [1.54, 1.807) is 42.5 Å². The van der Waals surface area contributed by atoms with Gasteiger partial charge in [0.15, 0.2) is 0 Å². The Morgan fingerprint density at radius 1 is 1.10 bits per heavy atom. The molecule has 0 spiro atoms. The van der Waals surface area contributed by atoms with Gasteiger partial charge in [-0.15, -0.1) is 0 Å². The van der Waals surface area contributed by atoms with Gasteiger partial charge in [0.2, 0.25) is 0 Å². The van der Waals surface area contributed by atoms with Crippen LogP contribution in [0.25, 0.3) is 0 Å². The first-order chi connectivity index (χ1) is 10.1. The number of carbonyl (C=O) groups excluding carboxylic acids is 2. The van der Waals surface area contributed by atoms with E-state index >= 15 is 0 Å². The highest BCUT2D eigenvalue weighted by Gasteiger charge is 2.15. The first-order valence-corrected chi connectivity index (χ1v) is 6.63. The predicted octanol–water partition coefficient (Wildman–Crippen LogP) is 3.51. The summed E-state index contributed by atoms with van der Waals surface area (Å²) >= 11 is 0. The van der Waals surface area contributed by atoms with Crippen LogP contribution >= 0.6 is 0 Å². The summed E-state index contributed by atoms with van der Waals surface area (Å²) in [6, 6.07) is 13.3. The van der Waals surface area contributed by atoms with Gasteiger partial charge in [0, 0.05) is 5.56 Å². The van der Waals surface area contributed by atoms with E-state index in [4.69, 9.17) is 9.47 Å². The minimum atomic E-state index is -0.519. The lowest BCUT2D eigenvalue weighted by atomic mass is 10.2. The third kappa shape index (κ3) is 3.92. The number of benzene rings is 2. The van der Waals surface area contributed by atoms with Crippen LogP contribution in [0.2, 0.25) is 0 Å². The fourth-order valence-electron chi connectivity index (χ4n) is 1.81. The minimum Gasteiger partial charge on any atom is -0.490 e. The Balaban J connectivity index is 2.22. The molecule has 0 saturated carbocycles. The molecule has 0 amide bonds. The number of para-hydroxylation sites is 1. The predicted molar refractivity (Wildman–Crippen MR) is 79.0 cm³/mol. The molecule has 0 N–H and O–H groups in total. The molecule has 21 heavy (non-hydrogen) atoms. The van der Waals surface area contributed by atoms with Gasteiger partial charge in [-0.2, -0.15) is 0 Å². The SMILES string of the molecule is CC(C)Oc1ccccc1C(=O)Oc1cccc(C=O)c1. The molecule has 0 bridgehead atoms. The van der Waals surface area contributed by atoms with Crippen molar-refractivity contribution in [1.82, 2.24) is 0 Å². The Bertz CT molecular complexity index is 647. The largest absolute Gasteiger partial charge is 0.490 e. The molecule has 0 aliphatic heterocycles. The molecule has 0 radical (unpaired) electrons. The molecule has 2 aromatic carbocycles. The summed E-state index contributed by atoms with van der Waals surface area (Å²) in [6.07, 6.45) is 0.657. The zero-order chi connectivity index (χ0) is 15.2. The number of hydrogen-bond acceptors (Lipinski definition) is 4. The maximum Gasteiger partial charge on any atom is 0.347 e. The van der Waals surface area contributed by atoms with Crippen molar-refractivity contribution in [2.24, 2.45) is 0 Å². The van der Waals surface area contributed by atoms with Crippen molar-refractivity contribution in [3.63, 3.8) is 0 Å². The lowest BCUT2D eigenvalue weighted by Gasteiger charge is -2.13. The summed E-state index contributed by atoms with van der Waals surface area (Å²) in [5, 5.41) is 0. The first kappa shape index (κ1) is 14.8. The highest BCUT2D eigenvalue weighted by atomic mass is 16.5. The zero-order valence-corrected chi connectivity index (χ0v) is 11.9. The molecule has 0 saturated heterocycles. The average molecular weight is 284 g/mol. The molecule has 4 nitrogen and oxygen atoms in total. The van der Waals surface area contributed by atoms with Crippen LogP contribution in [0.3, 0.4) is 0 Å². The topological polar surface area (TPSA) is 52.6 Å². The molecule has 4 heteroatoms. The fraction of sp³-hybridized carbons (Fsp3) is 0.176. The van der Waals surface area contributed by atoms with E-state index in [1.807, 2.05) is 13.8 Å².